The average molecular weight is 224 g/mol. The third-order valence-electron chi connectivity index (χ3n) is 2.09. The minimum atomic E-state index is -0.464. The van der Waals surface area contributed by atoms with Gasteiger partial charge in [-0.1, -0.05) is 0 Å². The van der Waals surface area contributed by atoms with Crippen LogP contribution < -0.4 is 9.47 Å². The molecule has 0 aliphatic rings. The largest absolute Gasteiger partial charge is 0.504 e. The highest BCUT2D eigenvalue weighted by atomic mass is 16.5. The standard InChI is InChI=1S/C11H12O5/c1-15-9-4-3-7(8(13)5-6-12)10(14)11(9)16-2/h3-4,6,14H,5H2,1-2H3. The van der Waals surface area contributed by atoms with Crippen molar-refractivity contribution in [1.29, 1.82) is 0 Å². The van der Waals surface area contributed by atoms with E-state index < -0.39 is 5.78 Å². The number of methoxy groups -OCH3 is 2. The molecule has 1 N–H and O–H groups in total. The number of ketones is 1. The zero-order chi connectivity index (χ0) is 12.1. The van der Waals surface area contributed by atoms with Gasteiger partial charge >= 0.3 is 0 Å². The van der Waals surface area contributed by atoms with Crippen LogP contribution >= 0.6 is 0 Å². The first kappa shape index (κ1) is 12.0. The van der Waals surface area contributed by atoms with Crippen LogP contribution in [-0.4, -0.2) is 31.4 Å². The Labute approximate surface area is 92.6 Å². The van der Waals surface area contributed by atoms with E-state index in [0.29, 0.717) is 12.0 Å². The lowest BCUT2D eigenvalue weighted by Crippen LogP contribution is -2.02. The van der Waals surface area contributed by atoms with E-state index in [1.807, 2.05) is 0 Å². The Hall–Kier alpha value is -2.04. The number of hydrogen-bond acceptors (Lipinski definition) is 5. The molecule has 1 aromatic carbocycles. The Morgan fingerprint density at radius 2 is 2.06 bits per heavy atom. The van der Waals surface area contributed by atoms with E-state index in [-0.39, 0.29) is 23.5 Å². The van der Waals surface area contributed by atoms with Gasteiger partial charge in [0.05, 0.1) is 26.2 Å². The lowest BCUT2D eigenvalue weighted by molar-refractivity contribution is -0.107. The van der Waals surface area contributed by atoms with E-state index in [0.717, 1.165) is 0 Å². The van der Waals surface area contributed by atoms with Gasteiger partial charge in [-0.15, -0.1) is 0 Å². The molecule has 0 aliphatic heterocycles. The Morgan fingerprint density at radius 3 is 2.56 bits per heavy atom. The molecule has 0 bridgehead atoms. The maximum Gasteiger partial charge on any atom is 0.203 e. The molecule has 0 amide bonds. The summed E-state index contributed by atoms with van der Waals surface area (Å²) in [6.45, 7) is 0. The smallest absolute Gasteiger partial charge is 0.203 e. The van der Waals surface area contributed by atoms with E-state index in [9.17, 15) is 14.7 Å². The fraction of sp³-hybridized carbons (Fsp3) is 0.273. The number of phenols is 1. The summed E-state index contributed by atoms with van der Waals surface area (Å²) in [5.74, 6) is -0.371. The van der Waals surface area contributed by atoms with Crippen molar-refractivity contribution in [3.05, 3.63) is 17.7 Å². The van der Waals surface area contributed by atoms with Gasteiger partial charge in [0, 0.05) is 0 Å². The first-order chi connectivity index (χ1) is 7.65. The highest BCUT2D eigenvalue weighted by molar-refractivity contribution is 6.05. The topological polar surface area (TPSA) is 72.8 Å². The van der Waals surface area contributed by atoms with E-state index in [1.165, 1.54) is 26.4 Å². The van der Waals surface area contributed by atoms with Gasteiger partial charge in [0.1, 0.15) is 6.29 Å². The summed E-state index contributed by atoms with van der Waals surface area (Å²) in [7, 11) is 2.77. The zero-order valence-electron chi connectivity index (χ0n) is 9.02. The van der Waals surface area contributed by atoms with Crippen molar-refractivity contribution >= 4 is 12.1 Å². The summed E-state index contributed by atoms with van der Waals surface area (Å²) in [6, 6.07) is 2.89. The molecular weight excluding hydrogens is 212 g/mol. The summed E-state index contributed by atoms with van der Waals surface area (Å²) in [5.41, 5.74) is 0.0461. The molecular formula is C11H12O5. The fourth-order valence-corrected chi connectivity index (χ4v) is 1.32. The van der Waals surface area contributed by atoms with E-state index >= 15 is 0 Å². The van der Waals surface area contributed by atoms with Gasteiger partial charge in [0.2, 0.25) is 5.75 Å². The van der Waals surface area contributed by atoms with Crippen molar-refractivity contribution in [1.82, 2.24) is 0 Å². The molecule has 0 fully saturated rings. The van der Waals surface area contributed by atoms with Crippen LogP contribution in [0.15, 0.2) is 12.1 Å². The van der Waals surface area contributed by atoms with Crippen molar-refractivity contribution < 1.29 is 24.2 Å². The minimum absolute atomic E-state index is 0.0461. The molecule has 0 heterocycles. The Balaban J connectivity index is 3.23. The maximum absolute atomic E-state index is 11.4. The Kier molecular flexibility index (Phi) is 3.88. The van der Waals surface area contributed by atoms with Crippen LogP contribution in [-0.2, 0) is 4.79 Å². The number of aromatic hydroxyl groups is 1. The molecule has 0 saturated heterocycles. The molecule has 5 heteroatoms. The van der Waals surface area contributed by atoms with E-state index in [4.69, 9.17) is 9.47 Å². The molecule has 0 aromatic heterocycles. The molecule has 1 aromatic rings. The van der Waals surface area contributed by atoms with Crippen LogP contribution in [0.3, 0.4) is 0 Å². The lowest BCUT2D eigenvalue weighted by Gasteiger charge is -2.11. The fourth-order valence-electron chi connectivity index (χ4n) is 1.32. The second kappa shape index (κ2) is 5.16. The van der Waals surface area contributed by atoms with Gasteiger partial charge in [0.15, 0.2) is 17.3 Å². The van der Waals surface area contributed by atoms with Crippen LogP contribution in [0.4, 0.5) is 0 Å². The lowest BCUT2D eigenvalue weighted by atomic mass is 10.1. The third kappa shape index (κ3) is 2.13. The third-order valence-corrected chi connectivity index (χ3v) is 2.09. The van der Waals surface area contributed by atoms with Gasteiger partial charge < -0.3 is 19.4 Å². The van der Waals surface area contributed by atoms with Crippen molar-refractivity contribution in [3.8, 4) is 17.2 Å². The zero-order valence-corrected chi connectivity index (χ0v) is 9.02. The van der Waals surface area contributed by atoms with E-state index in [1.54, 1.807) is 0 Å². The SMILES string of the molecule is COc1ccc(C(=O)CC=O)c(O)c1OC. The predicted molar refractivity (Wildman–Crippen MR) is 56.2 cm³/mol. The number of phenolic OH excluding ortho intramolecular Hbond substituents is 1. The number of hydrogen-bond donors (Lipinski definition) is 1. The van der Waals surface area contributed by atoms with Gasteiger partial charge in [-0.2, -0.15) is 0 Å². The van der Waals surface area contributed by atoms with Gasteiger partial charge in [-0.25, -0.2) is 0 Å². The number of carbonyl (C=O) groups is 2. The number of aldehydes is 1. The van der Waals surface area contributed by atoms with Gasteiger partial charge in [0.25, 0.3) is 0 Å². The van der Waals surface area contributed by atoms with Crippen LogP contribution in [0.5, 0.6) is 17.2 Å². The van der Waals surface area contributed by atoms with Crippen molar-refractivity contribution in [2.45, 2.75) is 6.42 Å². The predicted octanol–water partition coefficient (Wildman–Crippen LogP) is 1.18. The van der Waals surface area contributed by atoms with Crippen LogP contribution in [0.2, 0.25) is 0 Å². The Bertz CT molecular complexity index is 411. The summed E-state index contributed by atoms with van der Waals surface area (Å²) >= 11 is 0. The molecule has 0 aliphatic carbocycles. The van der Waals surface area contributed by atoms with Crippen molar-refractivity contribution in [2.75, 3.05) is 14.2 Å². The number of benzene rings is 1. The monoisotopic (exact) mass is 224 g/mol. The molecule has 0 saturated carbocycles. The average Bonchev–Trinajstić information content (AvgIpc) is 2.28. The van der Waals surface area contributed by atoms with Gasteiger partial charge in [-0.3, -0.25) is 4.79 Å². The number of Topliss-reactive ketones (excluding diaryl/α,β-unsaturated/α-hetero) is 1. The molecule has 16 heavy (non-hydrogen) atoms. The minimum Gasteiger partial charge on any atom is -0.504 e. The number of rotatable bonds is 5. The van der Waals surface area contributed by atoms with Crippen LogP contribution in [0, 0.1) is 0 Å². The molecule has 0 spiro atoms. The summed E-state index contributed by atoms with van der Waals surface area (Å²) < 4.78 is 9.87. The molecule has 0 radical (unpaired) electrons. The summed E-state index contributed by atoms with van der Waals surface area (Å²) in [5, 5.41) is 9.76. The highest BCUT2D eigenvalue weighted by Gasteiger charge is 2.18. The number of carbonyl (C=O) groups excluding carboxylic acids is 2. The van der Waals surface area contributed by atoms with Crippen LogP contribution in [0.1, 0.15) is 16.8 Å². The summed E-state index contributed by atoms with van der Waals surface area (Å²) in [6.07, 6.45) is 0.210. The van der Waals surface area contributed by atoms with E-state index in [2.05, 4.69) is 0 Å². The quantitative estimate of drug-likeness (QED) is 0.462. The molecule has 5 nitrogen and oxygen atoms in total. The summed E-state index contributed by atoms with van der Waals surface area (Å²) in [4.78, 5) is 21.7. The number of ether oxygens (including phenoxy) is 2. The maximum atomic E-state index is 11.4. The molecule has 0 unspecified atom stereocenters. The first-order valence-corrected chi connectivity index (χ1v) is 4.56. The second-order valence-electron chi connectivity index (χ2n) is 2.99. The van der Waals surface area contributed by atoms with Crippen LogP contribution in [0.25, 0.3) is 0 Å². The van der Waals surface area contributed by atoms with Crippen molar-refractivity contribution in [3.63, 3.8) is 0 Å². The first-order valence-electron chi connectivity index (χ1n) is 4.56. The molecule has 86 valence electrons. The van der Waals surface area contributed by atoms with Crippen molar-refractivity contribution in [2.24, 2.45) is 0 Å². The second-order valence-corrected chi connectivity index (χ2v) is 2.99. The molecule has 1 rings (SSSR count). The highest BCUT2D eigenvalue weighted by Crippen LogP contribution is 2.39. The normalized spacial score (nSPS) is 9.62. The Morgan fingerprint density at radius 1 is 1.38 bits per heavy atom. The van der Waals surface area contributed by atoms with Gasteiger partial charge in [-0.05, 0) is 12.1 Å². The molecule has 0 atom stereocenters.